The van der Waals surface area contributed by atoms with Gasteiger partial charge in [-0.2, -0.15) is 0 Å². The van der Waals surface area contributed by atoms with Crippen LogP contribution >= 0.6 is 7.82 Å². The highest BCUT2D eigenvalue weighted by Gasteiger charge is 2.37. The maximum Gasteiger partial charge on any atom is 0.530 e. The summed E-state index contributed by atoms with van der Waals surface area (Å²) in [5, 5.41) is 0. The average Bonchev–Trinajstić information content (AvgIpc) is 2.58. The van der Waals surface area contributed by atoms with Gasteiger partial charge >= 0.3 is 7.82 Å². The monoisotopic (exact) mass is 353 g/mol. The van der Waals surface area contributed by atoms with Gasteiger partial charge < -0.3 is 10.3 Å². The van der Waals surface area contributed by atoms with Crippen molar-refractivity contribution in [2.45, 2.75) is 76.4 Å². The van der Waals surface area contributed by atoms with E-state index >= 15 is 0 Å². The summed E-state index contributed by atoms with van der Waals surface area (Å²) in [6, 6.07) is 7.05. The van der Waals surface area contributed by atoms with Gasteiger partial charge in [0.05, 0.1) is 17.9 Å². The SMILES string of the molecule is Nc1ccccc1OP(=O)(OC1CCCCC1)OC1CCCCC1. The van der Waals surface area contributed by atoms with Crippen LogP contribution in [-0.2, 0) is 13.6 Å². The van der Waals surface area contributed by atoms with Crippen molar-refractivity contribution in [2.24, 2.45) is 0 Å². The Labute approximate surface area is 144 Å². The second kappa shape index (κ2) is 8.37. The first kappa shape index (κ1) is 17.8. The molecular formula is C18H28NO4P. The molecule has 1 aromatic rings. The maximum absolute atomic E-state index is 13.3. The summed E-state index contributed by atoms with van der Waals surface area (Å²) in [5.74, 6) is 0.368. The molecule has 1 aromatic carbocycles. The van der Waals surface area contributed by atoms with Crippen LogP contribution in [0.1, 0.15) is 64.2 Å². The lowest BCUT2D eigenvalue weighted by Crippen LogP contribution is -2.22. The third kappa shape index (κ3) is 4.98. The van der Waals surface area contributed by atoms with E-state index in [1.165, 1.54) is 12.8 Å². The van der Waals surface area contributed by atoms with Gasteiger partial charge in [0.2, 0.25) is 0 Å². The molecule has 6 heteroatoms. The van der Waals surface area contributed by atoms with E-state index in [0.29, 0.717) is 11.4 Å². The first-order chi connectivity index (χ1) is 11.6. The van der Waals surface area contributed by atoms with Gasteiger partial charge in [-0.25, -0.2) is 4.57 Å². The topological polar surface area (TPSA) is 70.8 Å². The van der Waals surface area contributed by atoms with Crippen LogP contribution in [0.4, 0.5) is 5.69 Å². The Bertz CT molecular complexity index is 544. The van der Waals surface area contributed by atoms with Gasteiger partial charge in [0.1, 0.15) is 0 Å². The van der Waals surface area contributed by atoms with Gasteiger partial charge in [-0.3, -0.25) is 9.05 Å². The average molecular weight is 353 g/mol. The van der Waals surface area contributed by atoms with Gasteiger partial charge in [-0.1, -0.05) is 50.7 Å². The molecule has 0 aliphatic heterocycles. The molecule has 0 atom stereocenters. The number of anilines is 1. The van der Waals surface area contributed by atoms with E-state index in [-0.39, 0.29) is 12.2 Å². The molecular weight excluding hydrogens is 325 g/mol. The van der Waals surface area contributed by atoms with Gasteiger partial charge in [-0.05, 0) is 37.8 Å². The molecule has 0 aromatic heterocycles. The Kier molecular flexibility index (Phi) is 6.20. The predicted molar refractivity (Wildman–Crippen MR) is 95.0 cm³/mol. The van der Waals surface area contributed by atoms with Crippen molar-refractivity contribution in [2.75, 3.05) is 5.73 Å². The van der Waals surface area contributed by atoms with Crippen molar-refractivity contribution >= 4 is 13.5 Å². The molecule has 2 aliphatic carbocycles. The lowest BCUT2D eigenvalue weighted by Gasteiger charge is -2.30. The highest BCUT2D eigenvalue weighted by atomic mass is 31.2. The predicted octanol–water partition coefficient (Wildman–Crippen LogP) is 5.45. The quantitative estimate of drug-likeness (QED) is 0.543. The van der Waals surface area contributed by atoms with E-state index in [9.17, 15) is 4.57 Å². The summed E-state index contributed by atoms with van der Waals surface area (Å²) in [6.07, 6.45) is 10.3. The summed E-state index contributed by atoms with van der Waals surface area (Å²) in [4.78, 5) is 0. The fourth-order valence-electron chi connectivity index (χ4n) is 3.46. The summed E-state index contributed by atoms with van der Waals surface area (Å²) in [7, 11) is -3.69. The van der Waals surface area contributed by atoms with E-state index in [0.717, 1.165) is 51.4 Å². The first-order valence-corrected chi connectivity index (χ1v) is 10.6. The van der Waals surface area contributed by atoms with Gasteiger partial charge in [0.15, 0.2) is 5.75 Å². The molecule has 2 aliphatic rings. The van der Waals surface area contributed by atoms with E-state index < -0.39 is 7.82 Å². The molecule has 2 saturated carbocycles. The van der Waals surface area contributed by atoms with E-state index in [1.807, 2.05) is 6.07 Å². The Morgan fingerprint density at radius 2 is 1.33 bits per heavy atom. The van der Waals surface area contributed by atoms with Crippen molar-refractivity contribution in [3.05, 3.63) is 24.3 Å². The number of hydrogen-bond acceptors (Lipinski definition) is 5. The molecule has 0 spiro atoms. The van der Waals surface area contributed by atoms with Gasteiger partial charge in [0, 0.05) is 0 Å². The van der Waals surface area contributed by atoms with E-state index in [1.54, 1.807) is 18.2 Å². The largest absolute Gasteiger partial charge is 0.530 e. The molecule has 0 radical (unpaired) electrons. The van der Waals surface area contributed by atoms with Crippen molar-refractivity contribution in [1.82, 2.24) is 0 Å². The third-order valence-corrected chi connectivity index (χ3v) is 6.32. The highest BCUT2D eigenvalue weighted by Crippen LogP contribution is 2.55. The zero-order valence-electron chi connectivity index (χ0n) is 14.2. The Hall–Kier alpha value is -1.03. The van der Waals surface area contributed by atoms with Crippen molar-refractivity contribution < 1.29 is 18.1 Å². The molecule has 2 N–H and O–H groups in total. The molecule has 24 heavy (non-hydrogen) atoms. The van der Waals surface area contributed by atoms with E-state index in [2.05, 4.69) is 0 Å². The normalized spacial score (nSPS) is 20.8. The molecule has 0 heterocycles. The molecule has 0 saturated heterocycles. The molecule has 3 rings (SSSR count). The summed E-state index contributed by atoms with van der Waals surface area (Å²) >= 11 is 0. The van der Waals surface area contributed by atoms with Crippen LogP contribution in [0, 0.1) is 0 Å². The molecule has 134 valence electrons. The van der Waals surface area contributed by atoms with Crippen LogP contribution in [-0.4, -0.2) is 12.2 Å². The van der Waals surface area contributed by atoms with Gasteiger partial charge in [0.25, 0.3) is 0 Å². The number of phosphoric ester groups is 1. The second-order valence-electron chi connectivity index (χ2n) is 6.81. The Balaban J connectivity index is 1.73. The van der Waals surface area contributed by atoms with Crippen molar-refractivity contribution in [3.8, 4) is 5.75 Å². The third-order valence-electron chi connectivity index (χ3n) is 4.79. The molecule has 0 unspecified atom stereocenters. The summed E-state index contributed by atoms with van der Waals surface area (Å²) in [5.41, 5.74) is 6.38. The van der Waals surface area contributed by atoms with Crippen molar-refractivity contribution in [3.63, 3.8) is 0 Å². The lowest BCUT2D eigenvalue weighted by molar-refractivity contribution is 0.0515. The maximum atomic E-state index is 13.3. The Morgan fingerprint density at radius 1 is 0.833 bits per heavy atom. The summed E-state index contributed by atoms with van der Waals surface area (Å²) < 4.78 is 30.9. The first-order valence-electron chi connectivity index (χ1n) is 9.15. The second-order valence-corrected chi connectivity index (χ2v) is 8.31. The fraction of sp³-hybridized carbons (Fsp3) is 0.667. The van der Waals surface area contributed by atoms with Crippen LogP contribution in [0.3, 0.4) is 0 Å². The van der Waals surface area contributed by atoms with Crippen molar-refractivity contribution in [1.29, 1.82) is 0 Å². The molecule has 2 fully saturated rings. The number of para-hydroxylation sites is 2. The fourth-order valence-corrected chi connectivity index (χ4v) is 5.15. The Morgan fingerprint density at radius 3 is 1.83 bits per heavy atom. The van der Waals surface area contributed by atoms with Gasteiger partial charge in [-0.15, -0.1) is 0 Å². The smallest absolute Gasteiger partial charge is 0.402 e. The number of phosphoric acid groups is 1. The summed E-state index contributed by atoms with van der Waals surface area (Å²) in [6.45, 7) is 0. The number of hydrogen-bond donors (Lipinski definition) is 1. The molecule has 5 nitrogen and oxygen atoms in total. The van der Waals surface area contributed by atoms with E-state index in [4.69, 9.17) is 19.3 Å². The molecule has 0 amide bonds. The number of nitrogen functional groups attached to an aromatic ring is 1. The number of nitrogens with two attached hydrogens (primary N) is 1. The minimum absolute atomic E-state index is 0.0573. The lowest BCUT2D eigenvalue weighted by atomic mass is 9.98. The van der Waals surface area contributed by atoms with Crippen LogP contribution in [0.15, 0.2) is 24.3 Å². The zero-order valence-corrected chi connectivity index (χ0v) is 15.1. The number of rotatable bonds is 6. The number of benzene rings is 1. The minimum Gasteiger partial charge on any atom is -0.402 e. The highest BCUT2D eigenvalue weighted by molar-refractivity contribution is 7.49. The molecule has 0 bridgehead atoms. The standard InChI is InChI=1S/C18H28NO4P/c19-17-13-7-8-14-18(17)23-24(20,21-15-9-3-1-4-10-15)22-16-11-5-2-6-12-16/h7-8,13-16H,1-6,9-12,19H2. The van der Waals surface area contributed by atoms with Crippen LogP contribution in [0.25, 0.3) is 0 Å². The van der Waals surface area contributed by atoms with Crippen LogP contribution < -0.4 is 10.3 Å². The van der Waals surface area contributed by atoms with Crippen LogP contribution in [0.5, 0.6) is 5.75 Å². The zero-order chi connectivity index (χ0) is 16.8. The minimum atomic E-state index is -3.69. The van der Waals surface area contributed by atoms with Crippen LogP contribution in [0.2, 0.25) is 0 Å².